The zero-order valence-electron chi connectivity index (χ0n) is 13.0. The van der Waals surface area contributed by atoms with E-state index in [4.69, 9.17) is 0 Å². The minimum Gasteiger partial charge on any atom is -0.396 e. The minimum atomic E-state index is 0.247. The third-order valence-corrected chi connectivity index (χ3v) is 4.36. The molecule has 2 N–H and O–H groups in total. The lowest BCUT2D eigenvalue weighted by molar-refractivity contribution is 0.246. The Kier molecular flexibility index (Phi) is 4.71. The minimum absolute atomic E-state index is 0.247. The van der Waals surface area contributed by atoms with E-state index in [-0.39, 0.29) is 6.61 Å². The summed E-state index contributed by atoms with van der Waals surface area (Å²) in [4.78, 5) is 0. The average Bonchev–Trinajstić information content (AvgIpc) is 3.02. The zero-order valence-corrected chi connectivity index (χ0v) is 13.0. The van der Waals surface area contributed by atoms with Crippen molar-refractivity contribution < 1.29 is 5.11 Å². The molecule has 2 aromatic rings. The molecule has 114 valence electrons. The van der Waals surface area contributed by atoms with Crippen LogP contribution in [-0.2, 0) is 6.54 Å². The number of aliphatic hydroxyl groups excluding tert-OH is 1. The molecule has 2 aromatic carbocycles. The Hall–Kier alpha value is -1.90. The first-order valence-corrected chi connectivity index (χ1v) is 7.94. The van der Waals surface area contributed by atoms with Crippen LogP contribution in [0.4, 0.5) is 0 Å². The van der Waals surface area contributed by atoms with Crippen LogP contribution in [0.5, 0.6) is 0 Å². The summed E-state index contributed by atoms with van der Waals surface area (Å²) in [5.41, 5.74) is 5.16. The maximum absolute atomic E-state index is 9.18. The Labute approximate surface area is 132 Å². The normalized spacial score (nSPS) is 20.5. The molecule has 0 aliphatic heterocycles. The largest absolute Gasteiger partial charge is 0.396 e. The van der Waals surface area contributed by atoms with Gasteiger partial charge in [-0.2, -0.15) is 0 Å². The third-order valence-electron chi connectivity index (χ3n) is 4.36. The number of hydrogen-bond acceptors (Lipinski definition) is 2. The highest BCUT2D eigenvalue weighted by atomic mass is 16.3. The van der Waals surface area contributed by atoms with Crippen LogP contribution in [-0.4, -0.2) is 17.8 Å². The summed E-state index contributed by atoms with van der Waals surface area (Å²) in [6.07, 6.45) is 5.28. The first-order chi connectivity index (χ1) is 10.8. The van der Waals surface area contributed by atoms with Crippen molar-refractivity contribution in [2.24, 2.45) is 5.92 Å². The number of aryl methyl sites for hydroxylation is 1. The van der Waals surface area contributed by atoms with E-state index in [9.17, 15) is 5.11 Å². The zero-order chi connectivity index (χ0) is 15.4. The van der Waals surface area contributed by atoms with Gasteiger partial charge in [0.05, 0.1) is 0 Å². The second-order valence-corrected chi connectivity index (χ2v) is 6.07. The van der Waals surface area contributed by atoms with Gasteiger partial charge in [0.1, 0.15) is 0 Å². The fourth-order valence-electron chi connectivity index (χ4n) is 3.06. The average molecular weight is 293 g/mol. The Balaban J connectivity index is 1.67. The smallest absolute Gasteiger partial charge is 0.0494 e. The van der Waals surface area contributed by atoms with E-state index in [1.165, 1.54) is 22.3 Å². The standard InChI is InChI=1S/C20H23NO/c1-15-5-2-3-8-20(15)18-7-4-6-16(11-18)13-21-19-10-9-17(12-19)14-22/h2-11,17,19,21-22H,12-14H2,1H3/t17-,19+/m0/s1. The van der Waals surface area contributed by atoms with Crippen molar-refractivity contribution in [2.75, 3.05) is 6.61 Å². The van der Waals surface area contributed by atoms with Crippen molar-refractivity contribution in [3.8, 4) is 11.1 Å². The van der Waals surface area contributed by atoms with Crippen molar-refractivity contribution in [2.45, 2.75) is 25.9 Å². The molecule has 2 nitrogen and oxygen atoms in total. The summed E-state index contributed by atoms with van der Waals surface area (Å²) in [5, 5.41) is 12.7. The van der Waals surface area contributed by atoms with E-state index in [1.54, 1.807) is 0 Å². The molecule has 3 rings (SSSR count). The van der Waals surface area contributed by atoms with Crippen LogP contribution >= 0.6 is 0 Å². The van der Waals surface area contributed by atoms with Gasteiger partial charge in [0.15, 0.2) is 0 Å². The Morgan fingerprint density at radius 1 is 1.09 bits per heavy atom. The summed E-state index contributed by atoms with van der Waals surface area (Å²) >= 11 is 0. The molecule has 0 unspecified atom stereocenters. The number of aliphatic hydroxyl groups is 1. The van der Waals surface area contributed by atoms with E-state index >= 15 is 0 Å². The van der Waals surface area contributed by atoms with Crippen molar-refractivity contribution in [3.63, 3.8) is 0 Å². The highest BCUT2D eigenvalue weighted by molar-refractivity contribution is 5.67. The molecule has 0 amide bonds. The molecule has 0 fully saturated rings. The van der Waals surface area contributed by atoms with E-state index in [2.05, 4.69) is 72.9 Å². The van der Waals surface area contributed by atoms with Gasteiger partial charge < -0.3 is 10.4 Å². The topological polar surface area (TPSA) is 32.3 Å². The van der Waals surface area contributed by atoms with E-state index in [0.717, 1.165) is 13.0 Å². The summed E-state index contributed by atoms with van der Waals surface area (Å²) in [6.45, 7) is 3.25. The van der Waals surface area contributed by atoms with Gasteiger partial charge in [-0.15, -0.1) is 0 Å². The van der Waals surface area contributed by atoms with Gasteiger partial charge in [-0.05, 0) is 41.7 Å². The predicted molar refractivity (Wildman–Crippen MR) is 91.6 cm³/mol. The van der Waals surface area contributed by atoms with Crippen LogP contribution in [0.3, 0.4) is 0 Å². The maximum atomic E-state index is 9.18. The highest BCUT2D eigenvalue weighted by Crippen LogP contribution is 2.24. The molecule has 0 saturated heterocycles. The van der Waals surface area contributed by atoms with Gasteiger partial charge in [0.2, 0.25) is 0 Å². The molecule has 0 saturated carbocycles. The van der Waals surface area contributed by atoms with E-state index < -0.39 is 0 Å². The maximum Gasteiger partial charge on any atom is 0.0494 e. The van der Waals surface area contributed by atoms with Crippen molar-refractivity contribution in [3.05, 3.63) is 71.8 Å². The van der Waals surface area contributed by atoms with Crippen LogP contribution in [0.25, 0.3) is 11.1 Å². The van der Waals surface area contributed by atoms with Crippen LogP contribution < -0.4 is 5.32 Å². The third kappa shape index (κ3) is 3.46. The molecular weight excluding hydrogens is 270 g/mol. The molecule has 0 radical (unpaired) electrons. The second kappa shape index (κ2) is 6.91. The van der Waals surface area contributed by atoms with Gasteiger partial charge in [-0.25, -0.2) is 0 Å². The van der Waals surface area contributed by atoms with Gasteiger partial charge in [-0.3, -0.25) is 0 Å². The molecule has 1 aliphatic carbocycles. The number of benzene rings is 2. The van der Waals surface area contributed by atoms with E-state index in [1.807, 2.05) is 0 Å². The lowest BCUT2D eigenvalue weighted by atomic mass is 9.99. The number of hydrogen-bond donors (Lipinski definition) is 2. The molecule has 2 atom stereocenters. The van der Waals surface area contributed by atoms with Crippen LogP contribution in [0.15, 0.2) is 60.7 Å². The quantitative estimate of drug-likeness (QED) is 0.824. The molecule has 0 bridgehead atoms. The van der Waals surface area contributed by atoms with Crippen molar-refractivity contribution in [1.29, 1.82) is 0 Å². The fraction of sp³-hybridized carbons (Fsp3) is 0.300. The van der Waals surface area contributed by atoms with E-state index in [0.29, 0.717) is 12.0 Å². The molecule has 22 heavy (non-hydrogen) atoms. The van der Waals surface area contributed by atoms with Crippen molar-refractivity contribution >= 4 is 0 Å². The molecule has 1 aliphatic rings. The molecular formula is C20H23NO. The van der Waals surface area contributed by atoms with Gasteiger partial charge >= 0.3 is 0 Å². The first-order valence-electron chi connectivity index (χ1n) is 7.94. The predicted octanol–water partition coefficient (Wildman–Crippen LogP) is 3.69. The number of nitrogens with one attached hydrogen (secondary N) is 1. The first kappa shape index (κ1) is 15.0. The van der Waals surface area contributed by atoms with Gasteiger partial charge in [0.25, 0.3) is 0 Å². The van der Waals surface area contributed by atoms with Crippen LogP contribution in [0.2, 0.25) is 0 Å². The summed E-state index contributed by atoms with van der Waals surface area (Å²) in [6, 6.07) is 17.6. The van der Waals surface area contributed by atoms with Crippen LogP contribution in [0, 0.1) is 12.8 Å². The van der Waals surface area contributed by atoms with Gasteiger partial charge in [-0.1, -0.05) is 54.6 Å². The highest BCUT2D eigenvalue weighted by Gasteiger charge is 2.17. The Bertz CT molecular complexity index is 662. The summed E-state index contributed by atoms with van der Waals surface area (Å²) < 4.78 is 0. The Morgan fingerprint density at radius 3 is 2.73 bits per heavy atom. The number of rotatable bonds is 5. The lowest BCUT2D eigenvalue weighted by Gasteiger charge is -2.13. The molecule has 2 heteroatoms. The fourth-order valence-corrected chi connectivity index (χ4v) is 3.06. The lowest BCUT2D eigenvalue weighted by Crippen LogP contribution is -2.26. The molecule has 0 spiro atoms. The second-order valence-electron chi connectivity index (χ2n) is 6.07. The molecule has 0 aromatic heterocycles. The summed E-state index contributed by atoms with van der Waals surface area (Å²) in [5.74, 6) is 0.316. The SMILES string of the molecule is Cc1ccccc1-c1cccc(CN[C@@H]2C=C[C@H](CO)C2)c1. The Morgan fingerprint density at radius 2 is 1.95 bits per heavy atom. The van der Waals surface area contributed by atoms with Crippen molar-refractivity contribution in [1.82, 2.24) is 5.32 Å². The van der Waals surface area contributed by atoms with Gasteiger partial charge in [0, 0.05) is 25.1 Å². The molecule has 0 heterocycles. The monoisotopic (exact) mass is 293 g/mol. The summed E-state index contributed by atoms with van der Waals surface area (Å²) in [7, 11) is 0. The van der Waals surface area contributed by atoms with Crippen LogP contribution in [0.1, 0.15) is 17.5 Å².